The van der Waals surface area contributed by atoms with Crippen molar-refractivity contribution in [3.63, 3.8) is 0 Å². The highest BCUT2D eigenvalue weighted by Crippen LogP contribution is 2.03. The number of hydrogen-bond acceptors (Lipinski definition) is 6. The molecule has 0 saturated carbocycles. The zero-order chi connectivity index (χ0) is 14.7. The number of sulfonamides is 1. The van der Waals surface area contributed by atoms with Crippen LogP contribution in [0.15, 0.2) is 0 Å². The molecule has 1 amide bonds. The van der Waals surface area contributed by atoms with E-state index in [0.29, 0.717) is 18.8 Å². The number of rotatable bonds is 11. The van der Waals surface area contributed by atoms with E-state index in [4.69, 9.17) is 9.57 Å². The number of methoxy groups -OCH3 is 1. The van der Waals surface area contributed by atoms with E-state index >= 15 is 0 Å². The van der Waals surface area contributed by atoms with Gasteiger partial charge in [0.25, 0.3) is 5.91 Å². The van der Waals surface area contributed by atoms with Gasteiger partial charge in [0.1, 0.15) is 6.04 Å². The Bertz CT molecular complexity index is 348. The number of nitrogens with one attached hydrogen (secondary N) is 2. The molecule has 0 rings (SSSR count). The molecule has 0 aromatic rings. The molecule has 0 radical (unpaired) electrons. The zero-order valence-electron chi connectivity index (χ0n) is 11.5. The molecular weight excluding hydrogens is 292 g/mol. The Morgan fingerprint density at radius 1 is 1.37 bits per heavy atom. The van der Waals surface area contributed by atoms with E-state index < -0.39 is 22.0 Å². The van der Waals surface area contributed by atoms with Gasteiger partial charge in [0.15, 0.2) is 0 Å². The molecule has 0 aromatic heterocycles. The highest BCUT2D eigenvalue weighted by molar-refractivity contribution is 7.98. The lowest BCUT2D eigenvalue weighted by Crippen LogP contribution is -2.47. The third-order valence-corrected chi connectivity index (χ3v) is 4.24. The van der Waals surface area contributed by atoms with E-state index in [-0.39, 0.29) is 12.4 Å². The van der Waals surface area contributed by atoms with Gasteiger partial charge in [0, 0.05) is 7.11 Å². The fourth-order valence-corrected chi connectivity index (χ4v) is 2.39. The zero-order valence-corrected chi connectivity index (χ0v) is 13.1. The van der Waals surface area contributed by atoms with Gasteiger partial charge in [-0.15, -0.1) is 0 Å². The van der Waals surface area contributed by atoms with Crippen molar-refractivity contribution in [3.05, 3.63) is 0 Å². The van der Waals surface area contributed by atoms with Crippen LogP contribution in [0.5, 0.6) is 0 Å². The first-order valence-electron chi connectivity index (χ1n) is 5.86. The summed E-state index contributed by atoms with van der Waals surface area (Å²) in [5.74, 6) is 0.102. The SMILES string of the molecule is CCS(=O)(=O)NC(CCSC)C(=O)NOCCOC. The van der Waals surface area contributed by atoms with Gasteiger partial charge in [-0.2, -0.15) is 11.8 Å². The van der Waals surface area contributed by atoms with Crippen molar-refractivity contribution in [2.24, 2.45) is 0 Å². The standard InChI is InChI=1S/C10H22N2O5S2/c1-4-19(14,15)12-9(5-8-18-3)10(13)11-17-7-6-16-2/h9,12H,4-8H2,1-3H3,(H,11,13). The fourth-order valence-electron chi connectivity index (χ4n) is 1.10. The monoisotopic (exact) mass is 314 g/mol. The minimum Gasteiger partial charge on any atom is -0.382 e. The predicted molar refractivity (Wildman–Crippen MR) is 75.4 cm³/mol. The number of thioether (sulfide) groups is 1. The van der Waals surface area contributed by atoms with Gasteiger partial charge in [-0.1, -0.05) is 0 Å². The third-order valence-electron chi connectivity index (χ3n) is 2.19. The molecule has 0 spiro atoms. The summed E-state index contributed by atoms with van der Waals surface area (Å²) in [6.45, 7) is 2.06. The second kappa shape index (κ2) is 10.4. The highest BCUT2D eigenvalue weighted by Gasteiger charge is 2.23. The van der Waals surface area contributed by atoms with E-state index in [0.717, 1.165) is 0 Å². The molecule has 19 heavy (non-hydrogen) atoms. The molecule has 0 saturated heterocycles. The van der Waals surface area contributed by atoms with Crippen LogP contribution in [-0.2, 0) is 24.4 Å². The normalized spacial score (nSPS) is 13.2. The molecule has 0 fully saturated rings. The maximum absolute atomic E-state index is 11.8. The molecule has 1 unspecified atom stereocenters. The third kappa shape index (κ3) is 9.22. The van der Waals surface area contributed by atoms with Gasteiger partial charge < -0.3 is 4.74 Å². The molecule has 0 heterocycles. The number of hydrogen-bond donors (Lipinski definition) is 2. The minimum atomic E-state index is -3.43. The Hall–Kier alpha value is -0.350. The quantitative estimate of drug-likeness (QED) is 0.403. The number of hydroxylamine groups is 1. The molecule has 114 valence electrons. The van der Waals surface area contributed by atoms with Gasteiger partial charge in [0.05, 0.1) is 19.0 Å². The van der Waals surface area contributed by atoms with Crippen LogP contribution in [0, 0.1) is 0 Å². The average Bonchev–Trinajstić information content (AvgIpc) is 2.39. The summed E-state index contributed by atoms with van der Waals surface area (Å²) >= 11 is 1.54. The number of carbonyl (C=O) groups is 1. The molecule has 0 aliphatic rings. The molecule has 2 N–H and O–H groups in total. The molecule has 9 heteroatoms. The van der Waals surface area contributed by atoms with E-state index in [1.807, 2.05) is 6.26 Å². The Balaban J connectivity index is 4.35. The lowest BCUT2D eigenvalue weighted by atomic mass is 10.2. The molecule has 0 aromatic carbocycles. The summed E-state index contributed by atoms with van der Waals surface area (Å²) in [5, 5.41) is 0. The second-order valence-corrected chi connectivity index (χ2v) is 6.69. The summed E-state index contributed by atoms with van der Waals surface area (Å²) in [4.78, 5) is 16.7. The Kier molecular flexibility index (Phi) is 10.2. The minimum absolute atomic E-state index is 0.0689. The van der Waals surface area contributed by atoms with Crippen molar-refractivity contribution in [2.45, 2.75) is 19.4 Å². The van der Waals surface area contributed by atoms with Crippen molar-refractivity contribution in [3.8, 4) is 0 Å². The molecule has 7 nitrogen and oxygen atoms in total. The summed E-state index contributed by atoms with van der Waals surface area (Å²) in [7, 11) is -1.91. The molecule has 1 atom stereocenters. The average molecular weight is 314 g/mol. The van der Waals surface area contributed by atoms with Crippen molar-refractivity contribution < 1.29 is 22.8 Å². The Morgan fingerprint density at radius 3 is 2.58 bits per heavy atom. The smallest absolute Gasteiger partial charge is 0.261 e. The maximum atomic E-state index is 11.8. The maximum Gasteiger partial charge on any atom is 0.261 e. The first-order chi connectivity index (χ1) is 8.96. The Labute approximate surface area is 118 Å². The second-order valence-electron chi connectivity index (χ2n) is 3.66. The first kappa shape index (κ1) is 18.7. The van der Waals surface area contributed by atoms with Crippen molar-refractivity contribution in [1.82, 2.24) is 10.2 Å². The van der Waals surface area contributed by atoms with Gasteiger partial charge in [0.2, 0.25) is 10.0 Å². The van der Waals surface area contributed by atoms with Crippen LogP contribution in [0.3, 0.4) is 0 Å². The van der Waals surface area contributed by atoms with Gasteiger partial charge in [-0.25, -0.2) is 18.6 Å². The fraction of sp³-hybridized carbons (Fsp3) is 0.900. The topological polar surface area (TPSA) is 93.7 Å². The molecule has 0 aliphatic carbocycles. The van der Waals surface area contributed by atoms with Crippen LogP contribution in [0.2, 0.25) is 0 Å². The predicted octanol–water partition coefficient (Wildman–Crippen LogP) is -0.258. The number of ether oxygens (including phenoxy) is 1. The van der Waals surface area contributed by atoms with Crippen LogP contribution in [-0.4, -0.2) is 58.5 Å². The van der Waals surface area contributed by atoms with Crippen LogP contribution in [0.1, 0.15) is 13.3 Å². The van der Waals surface area contributed by atoms with E-state index in [9.17, 15) is 13.2 Å². The van der Waals surface area contributed by atoms with E-state index in [1.54, 1.807) is 0 Å². The number of amides is 1. The van der Waals surface area contributed by atoms with Gasteiger partial charge in [-0.05, 0) is 25.4 Å². The van der Waals surface area contributed by atoms with Gasteiger partial charge in [-0.3, -0.25) is 9.63 Å². The Morgan fingerprint density at radius 2 is 2.05 bits per heavy atom. The van der Waals surface area contributed by atoms with Crippen molar-refractivity contribution >= 4 is 27.7 Å². The van der Waals surface area contributed by atoms with Crippen LogP contribution >= 0.6 is 11.8 Å². The number of carbonyl (C=O) groups excluding carboxylic acids is 1. The van der Waals surface area contributed by atoms with Crippen molar-refractivity contribution in [1.29, 1.82) is 0 Å². The summed E-state index contributed by atoms with van der Waals surface area (Å²) in [6.07, 6.45) is 2.29. The van der Waals surface area contributed by atoms with E-state index in [2.05, 4.69) is 10.2 Å². The molecule has 0 aliphatic heterocycles. The lowest BCUT2D eigenvalue weighted by molar-refractivity contribution is -0.136. The van der Waals surface area contributed by atoms with Crippen LogP contribution in [0.4, 0.5) is 0 Å². The molecule has 0 bridgehead atoms. The summed E-state index contributed by atoms with van der Waals surface area (Å²) in [5.41, 5.74) is 2.22. The van der Waals surface area contributed by atoms with Crippen molar-refractivity contribution in [2.75, 3.05) is 38.1 Å². The lowest BCUT2D eigenvalue weighted by Gasteiger charge is -2.17. The van der Waals surface area contributed by atoms with Gasteiger partial charge >= 0.3 is 0 Å². The largest absolute Gasteiger partial charge is 0.382 e. The van der Waals surface area contributed by atoms with Crippen LogP contribution < -0.4 is 10.2 Å². The highest BCUT2D eigenvalue weighted by atomic mass is 32.2. The van der Waals surface area contributed by atoms with E-state index in [1.165, 1.54) is 25.8 Å². The summed E-state index contributed by atoms with van der Waals surface area (Å²) in [6, 6.07) is -0.819. The summed E-state index contributed by atoms with van der Waals surface area (Å²) < 4.78 is 30.1. The van der Waals surface area contributed by atoms with Crippen LogP contribution in [0.25, 0.3) is 0 Å². The first-order valence-corrected chi connectivity index (χ1v) is 8.91. The molecular formula is C10H22N2O5S2.